The molecule has 80 valence electrons. The number of Topliss-reactive ketones (excluding diaryl/α,β-unsaturated/α-hetero) is 1. The molecule has 1 N–H and O–H groups in total. The van der Waals surface area contributed by atoms with E-state index in [1.807, 2.05) is 6.92 Å². The van der Waals surface area contributed by atoms with Crippen LogP contribution in [0.3, 0.4) is 0 Å². The highest BCUT2D eigenvalue weighted by molar-refractivity contribution is 5.82. The van der Waals surface area contributed by atoms with E-state index in [9.17, 15) is 9.90 Å². The van der Waals surface area contributed by atoms with Gasteiger partial charge in [0.05, 0.1) is 12.0 Å². The van der Waals surface area contributed by atoms with Gasteiger partial charge in [0.1, 0.15) is 5.78 Å². The van der Waals surface area contributed by atoms with Crippen molar-refractivity contribution in [2.24, 2.45) is 11.3 Å². The first-order valence-corrected chi connectivity index (χ1v) is 5.32. The summed E-state index contributed by atoms with van der Waals surface area (Å²) in [6.45, 7) is 7.39. The lowest BCUT2D eigenvalue weighted by Gasteiger charge is -2.38. The highest BCUT2D eigenvalue weighted by Crippen LogP contribution is 2.41. The molecule has 2 heteroatoms. The Morgan fingerprint density at radius 2 is 2.29 bits per heavy atom. The Balaban J connectivity index is 2.87. The Labute approximate surface area is 86.0 Å². The van der Waals surface area contributed by atoms with Gasteiger partial charge < -0.3 is 5.11 Å². The second-order valence-electron chi connectivity index (χ2n) is 4.59. The van der Waals surface area contributed by atoms with Crippen LogP contribution in [0.1, 0.15) is 39.5 Å². The number of rotatable bonds is 3. The van der Waals surface area contributed by atoms with Crippen LogP contribution in [0.5, 0.6) is 0 Å². The van der Waals surface area contributed by atoms with Crippen molar-refractivity contribution < 1.29 is 9.90 Å². The van der Waals surface area contributed by atoms with Crippen LogP contribution >= 0.6 is 0 Å². The van der Waals surface area contributed by atoms with Crippen molar-refractivity contribution in [1.82, 2.24) is 0 Å². The van der Waals surface area contributed by atoms with Crippen LogP contribution in [-0.2, 0) is 4.79 Å². The monoisotopic (exact) mass is 196 g/mol. The maximum atomic E-state index is 11.5. The molecule has 0 radical (unpaired) electrons. The quantitative estimate of drug-likeness (QED) is 0.703. The standard InChI is InChI=1S/C12H20O2/c1-9-6-4-5-7-11(9)12(3,8-13)10(2)14/h11,13H,1,4-8H2,2-3H3/t11-,12+/m1/s1. The van der Waals surface area contributed by atoms with Crippen LogP contribution in [0, 0.1) is 11.3 Å². The van der Waals surface area contributed by atoms with E-state index in [0.29, 0.717) is 0 Å². The molecule has 0 spiro atoms. The lowest BCUT2D eigenvalue weighted by molar-refractivity contribution is -0.130. The number of aliphatic hydroxyl groups excluding tert-OH is 1. The van der Waals surface area contributed by atoms with E-state index >= 15 is 0 Å². The molecule has 14 heavy (non-hydrogen) atoms. The minimum atomic E-state index is -0.600. The molecular weight excluding hydrogens is 176 g/mol. The first-order valence-electron chi connectivity index (χ1n) is 5.32. The first kappa shape index (κ1) is 11.4. The molecular formula is C12H20O2. The average Bonchev–Trinajstić information content (AvgIpc) is 2.17. The van der Waals surface area contributed by atoms with E-state index in [-0.39, 0.29) is 18.3 Å². The summed E-state index contributed by atoms with van der Waals surface area (Å²) >= 11 is 0. The third-order valence-electron chi connectivity index (χ3n) is 3.64. The lowest BCUT2D eigenvalue weighted by Crippen LogP contribution is -2.39. The predicted octanol–water partition coefficient (Wildman–Crippen LogP) is 2.32. The summed E-state index contributed by atoms with van der Waals surface area (Å²) in [6, 6.07) is 0. The Kier molecular flexibility index (Phi) is 3.48. The molecule has 2 atom stereocenters. The Hall–Kier alpha value is -0.630. The Bertz CT molecular complexity index is 245. The first-order chi connectivity index (χ1) is 6.52. The van der Waals surface area contributed by atoms with Crippen LogP contribution < -0.4 is 0 Å². The lowest BCUT2D eigenvalue weighted by atomic mass is 9.66. The number of carbonyl (C=O) groups is 1. The van der Waals surface area contributed by atoms with Crippen LogP contribution in [-0.4, -0.2) is 17.5 Å². The number of ketones is 1. The van der Waals surface area contributed by atoms with Gasteiger partial charge in [-0.05, 0) is 39.0 Å². The van der Waals surface area contributed by atoms with Crippen LogP contribution in [0.15, 0.2) is 12.2 Å². The van der Waals surface area contributed by atoms with Gasteiger partial charge in [-0.3, -0.25) is 4.79 Å². The molecule has 1 aliphatic rings. The summed E-state index contributed by atoms with van der Waals surface area (Å²) in [5, 5.41) is 9.36. The maximum Gasteiger partial charge on any atom is 0.138 e. The molecule has 1 rings (SSSR count). The molecule has 0 saturated heterocycles. The van der Waals surface area contributed by atoms with Crippen molar-refractivity contribution in [1.29, 1.82) is 0 Å². The molecule has 0 aromatic heterocycles. The summed E-state index contributed by atoms with van der Waals surface area (Å²) < 4.78 is 0. The van der Waals surface area contributed by atoms with E-state index in [0.717, 1.165) is 24.8 Å². The highest BCUT2D eigenvalue weighted by Gasteiger charge is 2.40. The molecule has 0 unspecified atom stereocenters. The van der Waals surface area contributed by atoms with Gasteiger partial charge in [0, 0.05) is 0 Å². The van der Waals surface area contributed by atoms with E-state index in [1.165, 1.54) is 6.42 Å². The zero-order valence-corrected chi connectivity index (χ0v) is 9.18. The summed E-state index contributed by atoms with van der Waals surface area (Å²) in [7, 11) is 0. The number of hydrogen-bond donors (Lipinski definition) is 1. The highest BCUT2D eigenvalue weighted by atomic mass is 16.3. The van der Waals surface area contributed by atoms with E-state index in [2.05, 4.69) is 6.58 Å². The third kappa shape index (κ3) is 1.90. The zero-order chi connectivity index (χ0) is 10.8. The number of allylic oxidation sites excluding steroid dienone is 1. The molecule has 0 amide bonds. The summed E-state index contributed by atoms with van der Waals surface area (Å²) in [5.41, 5.74) is 0.542. The van der Waals surface area contributed by atoms with Gasteiger partial charge in [-0.1, -0.05) is 18.6 Å². The van der Waals surface area contributed by atoms with Gasteiger partial charge in [-0.2, -0.15) is 0 Å². The fourth-order valence-corrected chi connectivity index (χ4v) is 2.31. The Morgan fingerprint density at radius 1 is 1.64 bits per heavy atom. The van der Waals surface area contributed by atoms with Gasteiger partial charge in [0.2, 0.25) is 0 Å². The van der Waals surface area contributed by atoms with Crippen molar-refractivity contribution >= 4 is 5.78 Å². The smallest absolute Gasteiger partial charge is 0.138 e. The van der Waals surface area contributed by atoms with E-state index < -0.39 is 5.41 Å². The van der Waals surface area contributed by atoms with Gasteiger partial charge >= 0.3 is 0 Å². The largest absolute Gasteiger partial charge is 0.395 e. The van der Waals surface area contributed by atoms with Crippen molar-refractivity contribution in [2.45, 2.75) is 39.5 Å². The molecule has 1 aliphatic carbocycles. The molecule has 0 bridgehead atoms. The van der Waals surface area contributed by atoms with Crippen molar-refractivity contribution in [3.05, 3.63) is 12.2 Å². The maximum absolute atomic E-state index is 11.5. The average molecular weight is 196 g/mol. The zero-order valence-electron chi connectivity index (χ0n) is 9.18. The van der Waals surface area contributed by atoms with E-state index in [1.54, 1.807) is 6.92 Å². The molecule has 1 saturated carbocycles. The molecule has 0 aromatic rings. The van der Waals surface area contributed by atoms with Gasteiger partial charge in [0.25, 0.3) is 0 Å². The van der Waals surface area contributed by atoms with Gasteiger partial charge in [-0.25, -0.2) is 0 Å². The molecule has 0 heterocycles. The van der Waals surface area contributed by atoms with Gasteiger partial charge in [-0.15, -0.1) is 0 Å². The molecule has 2 nitrogen and oxygen atoms in total. The summed E-state index contributed by atoms with van der Waals surface area (Å²) in [4.78, 5) is 11.5. The van der Waals surface area contributed by atoms with Crippen LogP contribution in [0.2, 0.25) is 0 Å². The fourth-order valence-electron chi connectivity index (χ4n) is 2.31. The number of aliphatic hydroxyl groups is 1. The van der Waals surface area contributed by atoms with Gasteiger partial charge in [0.15, 0.2) is 0 Å². The fraction of sp³-hybridized carbons (Fsp3) is 0.750. The molecule has 1 fully saturated rings. The van der Waals surface area contributed by atoms with Crippen LogP contribution in [0.4, 0.5) is 0 Å². The molecule has 0 aromatic carbocycles. The summed E-state index contributed by atoms with van der Waals surface area (Å²) in [6.07, 6.45) is 4.32. The third-order valence-corrected chi connectivity index (χ3v) is 3.64. The van der Waals surface area contributed by atoms with Crippen LogP contribution in [0.25, 0.3) is 0 Å². The second kappa shape index (κ2) is 4.26. The minimum Gasteiger partial charge on any atom is -0.395 e. The minimum absolute atomic E-state index is 0.0635. The molecule has 0 aliphatic heterocycles. The normalized spacial score (nSPS) is 27.1. The summed E-state index contributed by atoms with van der Waals surface area (Å²) in [5.74, 6) is 0.256. The topological polar surface area (TPSA) is 37.3 Å². The van der Waals surface area contributed by atoms with Crippen molar-refractivity contribution in [3.8, 4) is 0 Å². The SMILES string of the molecule is C=C1CCCC[C@H]1[C@@](C)(CO)C(C)=O. The van der Waals surface area contributed by atoms with E-state index in [4.69, 9.17) is 0 Å². The Morgan fingerprint density at radius 3 is 2.71 bits per heavy atom. The van der Waals surface area contributed by atoms with Crippen molar-refractivity contribution in [2.75, 3.05) is 6.61 Å². The number of hydrogen-bond acceptors (Lipinski definition) is 2. The van der Waals surface area contributed by atoms with Crippen molar-refractivity contribution in [3.63, 3.8) is 0 Å². The predicted molar refractivity (Wildman–Crippen MR) is 57.0 cm³/mol. The second-order valence-corrected chi connectivity index (χ2v) is 4.59. The number of carbonyl (C=O) groups excluding carboxylic acids is 1.